The molecule has 8 nitrogen and oxygen atoms in total. The highest BCUT2D eigenvalue weighted by molar-refractivity contribution is 8.00. The summed E-state index contributed by atoms with van der Waals surface area (Å²) in [6, 6.07) is 13.0. The Bertz CT molecular complexity index is 1050. The molecule has 0 saturated carbocycles. The maximum absolute atomic E-state index is 12.7. The van der Waals surface area contributed by atoms with Gasteiger partial charge < -0.3 is 24.1 Å². The number of hydrogen-bond donors (Lipinski definition) is 1. The van der Waals surface area contributed by atoms with Crippen molar-refractivity contribution in [1.29, 1.82) is 0 Å². The Hall–Kier alpha value is -3.20. The van der Waals surface area contributed by atoms with Crippen LogP contribution in [0.1, 0.15) is 13.8 Å². The molecule has 9 heteroatoms. The van der Waals surface area contributed by atoms with E-state index in [-0.39, 0.29) is 18.0 Å². The highest BCUT2D eigenvalue weighted by atomic mass is 32.2. The van der Waals surface area contributed by atoms with E-state index in [9.17, 15) is 4.79 Å². The Morgan fingerprint density at radius 1 is 1.20 bits per heavy atom. The van der Waals surface area contributed by atoms with Crippen molar-refractivity contribution in [3.8, 4) is 28.6 Å². The lowest BCUT2D eigenvalue weighted by atomic mass is 10.2. The molecule has 30 heavy (non-hydrogen) atoms. The fourth-order valence-electron chi connectivity index (χ4n) is 3.04. The molecule has 1 aliphatic rings. The average molecular weight is 426 g/mol. The van der Waals surface area contributed by atoms with Crippen LogP contribution in [0.5, 0.6) is 17.2 Å². The van der Waals surface area contributed by atoms with Crippen LogP contribution in [0.2, 0.25) is 0 Å². The predicted octanol–water partition coefficient (Wildman–Crippen LogP) is 3.82. The van der Waals surface area contributed by atoms with Crippen LogP contribution in [0.3, 0.4) is 0 Å². The van der Waals surface area contributed by atoms with Crippen molar-refractivity contribution in [2.75, 3.05) is 19.2 Å². The van der Waals surface area contributed by atoms with Crippen molar-refractivity contribution in [2.45, 2.75) is 30.8 Å². The van der Waals surface area contributed by atoms with Crippen molar-refractivity contribution < 1.29 is 19.0 Å². The van der Waals surface area contributed by atoms with Gasteiger partial charge in [0.2, 0.25) is 12.7 Å². The first kappa shape index (κ1) is 20.1. The molecular formula is C21H22N4O4S. The summed E-state index contributed by atoms with van der Waals surface area (Å²) in [5, 5.41) is 11.9. The lowest BCUT2D eigenvalue weighted by Gasteiger charge is -2.13. The molecule has 156 valence electrons. The van der Waals surface area contributed by atoms with Gasteiger partial charge in [-0.05, 0) is 50.2 Å². The third-order valence-electron chi connectivity index (χ3n) is 4.67. The van der Waals surface area contributed by atoms with Crippen LogP contribution in [0.15, 0.2) is 47.6 Å². The van der Waals surface area contributed by atoms with E-state index in [4.69, 9.17) is 14.2 Å². The van der Waals surface area contributed by atoms with Crippen LogP contribution in [-0.4, -0.2) is 39.8 Å². The monoisotopic (exact) mass is 426 g/mol. The largest absolute Gasteiger partial charge is 0.497 e. The number of nitrogens with zero attached hydrogens (tertiary/aromatic N) is 3. The summed E-state index contributed by atoms with van der Waals surface area (Å²) in [4.78, 5) is 12.7. The fourth-order valence-corrected chi connectivity index (χ4v) is 3.96. The molecule has 1 aromatic heterocycles. The number of aromatic nitrogens is 3. The Kier molecular flexibility index (Phi) is 5.80. The van der Waals surface area contributed by atoms with Gasteiger partial charge in [0.25, 0.3) is 0 Å². The predicted molar refractivity (Wildman–Crippen MR) is 114 cm³/mol. The molecular weight excluding hydrogens is 404 g/mol. The van der Waals surface area contributed by atoms with Gasteiger partial charge in [0.05, 0.1) is 12.4 Å². The number of hydrogen-bond acceptors (Lipinski definition) is 7. The molecule has 2 heterocycles. The second-order valence-electron chi connectivity index (χ2n) is 6.60. The molecule has 0 saturated heterocycles. The minimum Gasteiger partial charge on any atom is -0.497 e. The van der Waals surface area contributed by atoms with Crippen LogP contribution in [0.25, 0.3) is 11.4 Å². The van der Waals surface area contributed by atoms with Gasteiger partial charge in [-0.1, -0.05) is 11.8 Å². The molecule has 0 spiro atoms. The first-order chi connectivity index (χ1) is 14.6. The molecule has 1 aliphatic heterocycles. The summed E-state index contributed by atoms with van der Waals surface area (Å²) in [6.45, 7) is 4.75. The molecule has 0 fully saturated rings. The Morgan fingerprint density at radius 3 is 2.70 bits per heavy atom. The molecule has 3 aromatic rings. The lowest BCUT2D eigenvalue weighted by Crippen LogP contribution is -2.22. The zero-order chi connectivity index (χ0) is 21.1. The van der Waals surface area contributed by atoms with Gasteiger partial charge in [0.15, 0.2) is 22.5 Å². The number of thioether (sulfide) groups is 1. The van der Waals surface area contributed by atoms with E-state index in [0.29, 0.717) is 28.9 Å². The fraction of sp³-hybridized carbons (Fsp3) is 0.286. The van der Waals surface area contributed by atoms with Gasteiger partial charge in [0, 0.05) is 23.9 Å². The van der Waals surface area contributed by atoms with E-state index < -0.39 is 0 Å². The number of fused-ring (bicyclic) bond motifs is 1. The normalized spacial score (nSPS) is 13.2. The molecule has 1 amide bonds. The van der Waals surface area contributed by atoms with Crippen LogP contribution in [-0.2, 0) is 11.3 Å². The van der Waals surface area contributed by atoms with Crippen molar-refractivity contribution in [3.63, 3.8) is 0 Å². The minimum atomic E-state index is -0.367. The third-order valence-corrected chi connectivity index (χ3v) is 5.75. The Balaban J connectivity index is 1.46. The molecule has 1 N–H and O–H groups in total. The SMILES string of the molecule is CCn1c(SC(C)C(=O)Nc2ccc3c(c2)OCO3)nnc1-c1ccc(OC)cc1. The van der Waals surface area contributed by atoms with Crippen molar-refractivity contribution in [1.82, 2.24) is 14.8 Å². The number of methoxy groups -OCH3 is 1. The van der Waals surface area contributed by atoms with E-state index in [2.05, 4.69) is 15.5 Å². The quantitative estimate of drug-likeness (QED) is 0.575. The van der Waals surface area contributed by atoms with Crippen LogP contribution in [0.4, 0.5) is 5.69 Å². The number of rotatable bonds is 7. The number of carbonyl (C=O) groups is 1. The summed E-state index contributed by atoms with van der Waals surface area (Å²) >= 11 is 1.37. The van der Waals surface area contributed by atoms with E-state index in [1.165, 1.54) is 11.8 Å². The third kappa shape index (κ3) is 4.06. The zero-order valence-electron chi connectivity index (χ0n) is 16.9. The molecule has 4 rings (SSSR count). The molecule has 2 aromatic carbocycles. The summed E-state index contributed by atoms with van der Waals surface area (Å²) in [5.74, 6) is 2.71. The lowest BCUT2D eigenvalue weighted by molar-refractivity contribution is -0.115. The first-order valence-corrected chi connectivity index (χ1v) is 10.4. The maximum Gasteiger partial charge on any atom is 0.237 e. The summed E-state index contributed by atoms with van der Waals surface area (Å²) in [7, 11) is 1.63. The smallest absolute Gasteiger partial charge is 0.237 e. The number of benzene rings is 2. The summed E-state index contributed by atoms with van der Waals surface area (Å²) < 4.78 is 17.9. The zero-order valence-corrected chi connectivity index (χ0v) is 17.7. The van der Waals surface area contributed by atoms with Crippen molar-refractivity contribution in [3.05, 3.63) is 42.5 Å². The Morgan fingerprint density at radius 2 is 1.97 bits per heavy atom. The highest BCUT2D eigenvalue weighted by Gasteiger charge is 2.21. The van der Waals surface area contributed by atoms with E-state index in [1.807, 2.05) is 42.7 Å². The molecule has 0 aliphatic carbocycles. The van der Waals surface area contributed by atoms with Crippen molar-refractivity contribution in [2.24, 2.45) is 0 Å². The molecule has 0 radical (unpaired) electrons. The van der Waals surface area contributed by atoms with E-state index in [1.54, 1.807) is 25.3 Å². The molecule has 1 unspecified atom stereocenters. The van der Waals surface area contributed by atoms with Crippen LogP contribution >= 0.6 is 11.8 Å². The van der Waals surface area contributed by atoms with Gasteiger partial charge in [-0.25, -0.2) is 0 Å². The minimum absolute atomic E-state index is 0.129. The first-order valence-electron chi connectivity index (χ1n) is 9.54. The van der Waals surface area contributed by atoms with Crippen LogP contribution in [0, 0.1) is 0 Å². The number of nitrogens with one attached hydrogen (secondary N) is 1. The van der Waals surface area contributed by atoms with Gasteiger partial charge in [-0.15, -0.1) is 10.2 Å². The van der Waals surface area contributed by atoms with Gasteiger partial charge in [-0.3, -0.25) is 4.79 Å². The number of anilines is 1. The number of ether oxygens (including phenoxy) is 3. The second kappa shape index (κ2) is 8.66. The van der Waals surface area contributed by atoms with Crippen molar-refractivity contribution >= 4 is 23.4 Å². The highest BCUT2D eigenvalue weighted by Crippen LogP contribution is 2.34. The Labute approximate surface area is 178 Å². The summed E-state index contributed by atoms with van der Waals surface area (Å²) in [6.07, 6.45) is 0. The summed E-state index contributed by atoms with van der Waals surface area (Å²) in [5.41, 5.74) is 1.60. The number of amides is 1. The number of carbonyl (C=O) groups excluding carboxylic acids is 1. The average Bonchev–Trinajstić information content (AvgIpc) is 3.40. The standard InChI is InChI=1S/C21H22N4O4S/c1-4-25-19(14-5-8-16(27-3)9-6-14)23-24-21(25)30-13(2)20(26)22-15-7-10-17-18(11-15)29-12-28-17/h5-11,13H,4,12H2,1-3H3,(H,22,26). The second-order valence-corrected chi connectivity index (χ2v) is 7.90. The van der Waals surface area contributed by atoms with E-state index >= 15 is 0 Å². The van der Waals surface area contributed by atoms with Gasteiger partial charge >= 0.3 is 0 Å². The topological polar surface area (TPSA) is 87.5 Å². The van der Waals surface area contributed by atoms with Gasteiger partial charge in [0.1, 0.15) is 5.75 Å². The molecule has 1 atom stereocenters. The van der Waals surface area contributed by atoms with Gasteiger partial charge in [-0.2, -0.15) is 0 Å². The maximum atomic E-state index is 12.7. The molecule has 0 bridgehead atoms. The van der Waals surface area contributed by atoms with E-state index in [0.717, 1.165) is 17.1 Å². The van der Waals surface area contributed by atoms with Crippen LogP contribution < -0.4 is 19.5 Å².